The fourth-order valence-electron chi connectivity index (χ4n) is 3.83. The van der Waals surface area contributed by atoms with Crippen molar-refractivity contribution in [3.63, 3.8) is 0 Å². The van der Waals surface area contributed by atoms with Gasteiger partial charge in [-0.05, 0) is 56.0 Å². The molecule has 2 aliphatic rings. The number of thiophene rings is 1. The summed E-state index contributed by atoms with van der Waals surface area (Å²) in [6.07, 6.45) is 2.89. The molecule has 0 atom stereocenters. The zero-order valence-corrected chi connectivity index (χ0v) is 17.8. The van der Waals surface area contributed by atoms with Crippen LogP contribution in [-0.2, 0) is 9.53 Å². The lowest BCUT2D eigenvalue weighted by Crippen LogP contribution is -2.46. The number of rotatable bonds is 4. The summed E-state index contributed by atoms with van der Waals surface area (Å²) >= 11 is 6.67. The van der Waals surface area contributed by atoms with E-state index in [4.69, 9.17) is 12.2 Å². The van der Waals surface area contributed by atoms with Crippen LogP contribution in [0.5, 0.6) is 0 Å². The Morgan fingerprint density at radius 1 is 1.14 bits per heavy atom. The lowest BCUT2D eigenvalue weighted by atomic mass is 9.78. The number of Topliss-reactive ketones (excluding diaryl/α,β-unsaturated/α-hetero) is 1. The average molecular weight is 424 g/mol. The molecule has 0 bridgehead atoms. The highest BCUT2D eigenvalue weighted by Gasteiger charge is 2.42. The fraction of sp³-hybridized carbons (Fsp3) is 0.579. The molecule has 2 aliphatic heterocycles. The number of thiocarbonyl (C=S) groups is 1. The van der Waals surface area contributed by atoms with E-state index in [-0.39, 0.29) is 29.6 Å². The van der Waals surface area contributed by atoms with Crippen LogP contribution >= 0.6 is 23.6 Å². The van der Waals surface area contributed by atoms with E-state index in [1.165, 1.54) is 25.4 Å². The van der Waals surface area contributed by atoms with Crippen molar-refractivity contribution in [3.05, 3.63) is 21.9 Å². The molecule has 0 saturated carbocycles. The summed E-state index contributed by atoms with van der Waals surface area (Å²) in [5, 5.41) is 3.53. The van der Waals surface area contributed by atoms with Crippen LogP contribution in [0.25, 0.3) is 0 Å². The highest BCUT2D eigenvalue weighted by Crippen LogP contribution is 2.40. The Morgan fingerprint density at radius 3 is 2.32 bits per heavy atom. The Hall–Kier alpha value is -2.00. The molecule has 3 rings (SSSR count). The molecule has 3 heterocycles. The first-order valence-electron chi connectivity index (χ1n) is 9.33. The van der Waals surface area contributed by atoms with Gasteiger partial charge in [-0.15, -0.1) is 11.3 Å². The highest BCUT2D eigenvalue weighted by atomic mass is 32.1. The van der Waals surface area contributed by atoms with Crippen molar-refractivity contribution in [2.24, 2.45) is 5.41 Å². The van der Waals surface area contributed by atoms with Gasteiger partial charge in [-0.25, -0.2) is 0 Å². The van der Waals surface area contributed by atoms with Crippen molar-refractivity contribution >= 4 is 46.3 Å². The van der Waals surface area contributed by atoms with Gasteiger partial charge in [0.2, 0.25) is 0 Å². The molecule has 7 nitrogen and oxygen atoms in total. The van der Waals surface area contributed by atoms with Crippen LogP contribution in [0, 0.1) is 5.41 Å². The number of ether oxygens (including phenoxy) is 1. The molecular weight excluding hydrogens is 398 g/mol. The molecule has 0 unspecified atom stereocenters. The highest BCUT2D eigenvalue weighted by molar-refractivity contribution is 7.80. The fourth-order valence-corrected chi connectivity index (χ4v) is 4.93. The molecule has 1 amide bonds. The topological polar surface area (TPSA) is 79.0 Å². The maximum Gasteiger partial charge on any atom is 0.325 e. The van der Waals surface area contributed by atoms with Gasteiger partial charge in [0.1, 0.15) is 6.54 Å². The number of piperidine rings is 1. The van der Waals surface area contributed by atoms with Crippen LogP contribution in [0.15, 0.2) is 12.1 Å². The zero-order chi connectivity index (χ0) is 20.3. The molecule has 9 heteroatoms. The molecular formula is C19H25N3O4S2. The number of carbonyl (C=O) groups excluding carboxylic acids is 3. The van der Waals surface area contributed by atoms with Crippen LogP contribution in [0.1, 0.15) is 45.5 Å². The van der Waals surface area contributed by atoms with E-state index >= 15 is 0 Å². The number of nitrogens with one attached hydrogen (secondary N) is 1. The first-order valence-corrected chi connectivity index (χ1v) is 10.6. The van der Waals surface area contributed by atoms with Crippen LogP contribution in [0.4, 0.5) is 0 Å². The molecule has 2 saturated heterocycles. The minimum Gasteiger partial charge on any atom is -0.468 e. The van der Waals surface area contributed by atoms with Gasteiger partial charge < -0.3 is 19.9 Å². The minimum atomic E-state index is -0.343. The standard InChI is InChI=1S/C19H25N3O4S2/c1-13(23)14-3-4-15(28-14)17(25)21-8-5-19(6-9-21)7-10-22(12-19)18(27)20-11-16(24)26-2/h3-4H,5-12H2,1-2H3,(H,20,27). The summed E-state index contributed by atoms with van der Waals surface area (Å²) < 4.78 is 4.62. The lowest BCUT2D eigenvalue weighted by Gasteiger charge is -2.39. The number of carbonyl (C=O) groups is 3. The molecule has 1 spiro atoms. The minimum absolute atomic E-state index is 0.00975. The molecule has 1 aromatic rings. The molecule has 1 aromatic heterocycles. The van der Waals surface area contributed by atoms with Gasteiger partial charge in [0.25, 0.3) is 5.91 Å². The first kappa shape index (κ1) is 20.7. The zero-order valence-electron chi connectivity index (χ0n) is 16.2. The van der Waals surface area contributed by atoms with E-state index in [2.05, 4.69) is 15.0 Å². The monoisotopic (exact) mass is 423 g/mol. The Labute approximate surface area is 174 Å². The summed E-state index contributed by atoms with van der Waals surface area (Å²) in [4.78, 5) is 40.7. The van der Waals surface area contributed by atoms with Gasteiger partial charge >= 0.3 is 5.97 Å². The number of amides is 1. The van der Waals surface area contributed by atoms with E-state index in [0.29, 0.717) is 28.0 Å². The molecule has 1 N–H and O–H groups in total. The number of hydrogen-bond donors (Lipinski definition) is 1. The largest absolute Gasteiger partial charge is 0.468 e. The molecule has 2 fully saturated rings. The lowest BCUT2D eigenvalue weighted by molar-refractivity contribution is -0.139. The van der Waals surface area contributed by atoms with Gasteiger partial charge in [-0.3, -0.25) is 14.4 Å². The van der Waals surface area contributed by atoms with Crippen molar-refractivity contribution in [1.29, 1.82) is 0 Å². The van der Waals surface area contributed by atoms with Crippen LogP contribution in [-0.4, -0.2) is 72.4 Å². The summed E-state index contributed by atoms with van der Waals surface area (Å²) in [7, 11) is 1.35. The maximum atomic E-state index is 12.7. The second kappa shape index (κ2) is 8.57. The third-order valence-electron chi connectivity index (χ3n) is 5.61. The molecule has 0 aromatic carbocycles. The number of hydrogen-bond acceptors (Lipinski definition) is 6. The second-order valence-corrected chi connectivity index (χ2v) is 8.89. The van der Waals surface area contributed by atoms with Gasteiger partial charge in [0, 0.05) is 26.2 Å². The molecule has 0 aliphatic carbocycles. The van der Waals surface area contributed by atoms with Gasteiger partial charge in [-0.1, -0.05) is 0 Å². The van der Waals surface area contributed by atoms with Crippen LogP contribution in [0.2, 0.25) is 0 Å². The Kier molecular flexibility index (Phi) is 6.34. The van der Waals surface area contributed by atoms with E-state index in [9.17, 15) is 14.4 Å². The number of ketones is 1. The Morgan fingerprint density at radius 2 is 1.75 bits per heavy atom. The third-order valence-corrected chi connectivity index (χ3v) is 7.19. The van der Waals surface area contributed by atoms with E-state index in [0.717, 1.165) is 32.4 Å². The van der Waals surface area contributed by atoms with Crippen LogP contribution in [0.3, 0.4) is 0 Å². The van der Waals surface area contributed by atoms with Crippen LogP contribution < -0.4 is 5.32 Å². The van der Waals surface area contributed by atoms with E-state index in [1.54, 1.807) is 12.1 Å². The predicted molar refractivity (Wildman–Crippen MR) is 111 cm³/mol. The Bertz CT molecular complexity index is 784. The second-order valence-electron chi connectivity index (χ2n) is 7.42. The molecule has 28 heavy (non-hydrogen) atoms. The normalized spacial score (nSPS) is 18.2. The van der Waals surface area contributed by atoms with Crippen molar-refractivity contribution in [3.8, 4) is 0 Å². The predicted octanol–water partition coefficient (Wildman–Crippen LogP) is 1.93. The van der Waals surface area contributed by atoms with Crippen molar-refractivity contribution in [2.75, 3.05) is 39.8 Å². The smallest absolute Gasteiger partial charge is 0.325 e. The molecule has 0 radical (unpaired) electrons. The number of nitrogens with zero attached hydrogens (tertiary/aromatic N) is 2. The summed E-state index contributed by atoms with van der Waals surface area (Å²) in [5.74, 6) is -0.341. The van der Waals surface area contributed by atoms with E-state index in [1.807, 2.05) is 4.90 Å². The Balaban J connectivity index is 1.52. The summed E-state index contributed by atoms with van der Waals surface area (Å²) in [6.45, 7) is 4.71. The van der Waals surface area contributed by atoms with Crippen molar-refractivity contribution in [2.45, 2.75) is 26.2 Å². The first-order chi connectivity index (χ1) is 13.3. The quantitative estimate of drug-likeness (QED) is 0.450. The molecule has 152 valence electrons. The summed E-state index contributed by atoms with van der Waals surface area (Å²) in [5.41, 5.74) is 0.160. The average Bonchev–Trinajstić information content (AvgIpc) is 3.34. The van der Waals surface area contributed by atoms with E-state index < -0.39 is 0 Å². The number of likely N-dealkylation sites (tertiary alicyclic amines) is 2. The van der Waals surface area contributed by atoms with Gasteiger partial charge in [-0.2, -0.15) is 0 Å². The van der Waals surface area contributed by atoms with Crippen molar-refractivity contribution in [1.82, 2.24) is 15.1 Å². The van der Waals surface area contributed by atoms with Gasteiger partial charge in [0.15, 0.2) is 10.9 Å². The number of methoxy groups -OCH3 is 1. The summed E-state index contributed by atoms with van der Waals surface area (Å²) in [6, 6.07) is 3.47. The van der Waals surface area contributed by atoms with Crippen molar-refractivity contribution < 1.29 is 19.1 Å². The third kappa shape index (κ3) is 4.52. The van der Waals surface area contributed by atoms with Gasteiger partial charge in [0.05, 0.1) is 16.9 Å². The maximum absolute atomic E-state index is 12.7. The SMILES string of the molecule is COC(=O)CNC(=S)N1CCC2(CCN(C(=O)c3ccc(C(C)=O)s3)CC2)C1. The number of esters is 1.